The van der Waals surface area contributed by atoms with Crippen LogP contribution < -0.4 is 0 Å². The molecule has 0 aliphatic rings. The van der Waals surface area contributed by atoms with Crippen LogP contribution in [0.1, 0.15) is 33.6 Å². The SMILES string of the molecule is CCC(CC(C)=C(C)CO)OC. The van der Waals surface area contributed by atoms with Gasteiger partial charge >= 0.3 is 0 Å². The Labute approximate surface area is 75.2 Å². The minimum absolute atomic E-state index is 0.159. The first-order chi connectivity index (χ1) is 5.65. The minimum Gasteiger partial charge on any atom is -0.392 e. The quantitative estimate of drug-likeness (QED) is 0.644. The summed E-state index contributed by atoms with van der Waals surface area (Å²) >= 11 is 0. The van der Waals surface area contributed by atoms with Crippen molar-refractivity contribution in [1.82, 2.24) is 0 Å². The van der Waals surface area contributed by atoms with Crippen LogP contribution in [0.25, 0.3) is 0 Å². The lowest BCUT2D eigenvalue weighted by Crippen LogP contribution is -2.10. The minimum atomic E-state index is 0.159. The lowest BCUT2D eigenvalue weighted by Gasteiger charge is -2.14. The van der Waals surface area contributed by atoms with Crippen molar-refractivity contribution in [1.29, 1.82) is 0 Å². The van der Waals surface area contributed by atoms with Crippen molar-refractivity contribution in [3.05, 3.63) is 11.1 Å². The molecule has 72 valence electrons. The van der Waals surface area contributed by atoms with Crippen LogP contribution >= 0.6 is 0 Å². The van der Waals surface area contributed by atoms with Crippen molar-refractivity contribution in [2.24, 2.45) is 0 Å². The highest BCUT2D eigenvalue weighted by Crippen LogP contribution is 2.13. The fourth-order valence-corrected chi connectivity index (χ4v) is 1.05. The largest absolute Gasteiger partial charge is 0.392 e. The van der Waals surface area contributed by atoms with Crippen molar-refractivity contribution in [3.63, 3.8) is 0 Å². The number of hydrogen-bond acceptors (Lipinski definition) is 2. The Bertz CT molecular complexity index is 146. The van der Waals surface area contributed by atoms with Gasteiger partial charge in [0.05, 0.1) is 12.7 Å². The van der Waals surface area contributed by atoms with Gasteiger partial charge in [-0.1, -0.05) is 12.5 Å². The monoisotopic (exact) mass is 172 g/mol. The maximum absolute atomic E-state index is 8.86. The maximum Gasteiger partial charge on any atom is 0.0641 e. The molecule has 1 atom stereocenters. The second-order valence-corrected chi connectivity index (χ2v) is 3.19. The van der Waals surface area contributed by atoms with Gasteiger partial charge in [-0.2, -0.15) is 0 Å². The molecule has 0 aromatic carbocycles. The Kier molecular flexibility index (Phi) is 6.03. The summed E-state index contributed by atoms with van der Waals surface area (Å²) in [4.78, 5) is 0. The first-order valence-electron chi connectivity index (χ1n) is 4.44. The molecule has 0 amide bonds. The van der Waals surface area contributed by atoms with E-state index in [1.807, 2.05) is 13.8 Å². The van der Waals surface area contributed by atoms with Gasteiger partial charge in [-0.25, -0.2) is 0 Å². The summed E-state index contributed by atoms with van der Waals surface area (Å²) in [6, 6.07) is 0. The third-order valence-electron chi connectivity index (χ3n) is 2.29. The highest BCUT2D eigenvalue weighted by molar-refractivity contribution is 5.10. The number of aliphatic hydroxyl groups is 1. The van der Waals surface area contributed by atoms with Crippen LogP contribution in [0.5, 0.6) is 0 Å². The van der Waals surface area contributed by atoms with E-state index >= 15 is 0 Å². The summed E-state index contributed by atoms with van der Waals surface area (Å²) in [5, 5.41) is 8.86. The second kappa shape index (κ2) is 6.21. The van der Waals surface area contributed by atoms with Crippen molar-refractivity contribution in [2.45, 2.75) is 39.7 Å². The third kappa shape index (κ3) is 3.88. The molecule has 0 spiro atoms. The van der Waals surface area contributed by atoms with E-state index in [0.29, 0.717) is 6.10 Å². The van der Waals surface area contributed by atoms with E-state index in [-0.39, 0.29) is 6.61 Å². The summed E-state index contributed by atoms with van der Waals surface area (Å²) < 4.78 is 5.25. The summed E-state index contributed by atoms with van der Waals surface area (Å²) in [7, 11) is 1.73. The van der Waals surface area contributed by atoms with Crippen LogP contribution in [0, 0.1) is 0 Å². The van der Waals surface area contributed by atoms with E-state index in [1.54, 1.807) is 7.11 Å². The van der Waals surface area contributed by atoms with Crippen LogP contribution in [0.3, 0.4) is 0 Å². The van der Waals surface area contributed by atoms with E-state index in [2.05, 4.69) is 6.92 Å². The normalized spacial score (nSPS) is 15.8. The molecule has 1 unspecified atom stereocenters. The molecule has 0 rings (SSSR count). The Morgan fingerprint density at radius 1 is 1.33 bits per heavy atom. The molecule has 0 aliphatic carbocycles. The first-order valence-corrected chi connectivity index (χ1v) is 4.44. The van der Waals surface area contributed by atoms with Crippen LogP contribution in [0.4, 0.5) is 0 Å². The summed E-state index contributed by atoms with van der Waals surface area (Å²) in [6.45, 7) is 6.27. The van der Waals surface area contributed by atoms with Gasteiger partial charge in [0.25, 0.3) is 0 Å². The van der Waals surface area contributed by atoms with Gasteiger partial charge in [-0.05, 0) is 32.3 Å². The van der Waals surface area contributed by atoms with Crippen molar-refractivity contribution < 1.29 is 9.84 Å². The second-order valence-electron chi connectivity index (χ2n) is 3.19. The smallest absolute Gasteiger partial charge is 0.0641 e. The highest BCUT2D eigenvalue weighted by atomic mass is 16.5. The average molecular weight is 172 g/mol. The Hall–Kier alpha value is -0.340. The topological polar surface area (TPSA) is 29.5 Å². The predicted molar refractivity (Wildman–Crippen MR) is 51.2 cm³/mol. The van der Waals surface area contributed by atoms with Crippen LogP contribution in [-0.2, 0) is 4.74 Å². The Morgan fingerprint density at radius 3 is 2.25 bits per heavy atom. The zero-order valence-electron chi connectivity index (χ0n) is 8.55. The average Bonchev–Trinajstić information content (AvgIpc) is 2.12. The van der Waals surface area contributed by atoms with E-state index in [9.17, 15) is 0 Å². The molecule has 1 N–H and O–H groups in total. The predicted octanol–water partition coefficient (Wildman–Crippen LogP) is 2.13. The molecule has 0 bridgehead atoms. The number of hydrogen-bond donors (Lipinski definition) is 1. The molecule has 2 nitrogen and oxygen atoms in total. The zero-order valence-corrected chi connectivity index (χ0v) is 8.55. The van der Waals surface area contributed by atoms with Crippen LogP contribution in [0.2, 0.25) is 0 Å². The number of aliphatic hydroxyl groups excluding tert-OH is 1. The van der Waals surface area contributed by atoms with Gasteiger partial charge in [-0.15, -0.1) is 0 Å². The number of rotatable bonds is 5. The van der Waals surface area contributed by atoms with Gasteiger partial charge < -0.3 is 9.84 Å². The van der Waals surface area contributed by atoms with Crippen LogP contribution in [0.15, 0.2) is 11.1 Å². The molecule has 0 fully saturated rings. The van der Waals surface area contributed by atoms with Gasteiger partial charge in [0.1, 0.15) is 0 Å². The van der Waals surface area contributed by atoms with E-state index in [0.717, 1.165) is 18.4 Å². The van der Waals surface area contributed by atoms with Crippen molar-refractivity contribution in [2.75, 3.05) is 13.7 Å². The van der Waals surface area contributed by atoms with Gasteiger partial charge in [0.15, 0.2) is 0 Å². The van der Waals surface area contributed by atoms with Gasteiger partial charge in [0, 0.05) is 7.11 Å². The van der Waals surface area contributed by atoms with E-state index in [1.165, 1.54) is 5.57 Å². The lowest BCUT2D eigenvalue weighted by molar-refractivity contribution is 0.0994. The van der Waals surface area contributed by atoms with Crippen molar-refractivity contribution >= 4 is 0 Å². The first kappa shape index (κ1) is 11.7. The van der Waals surface area contributed by atoms with E-state index < -0.39 is 0 Å². The molecule has 0 aromatic heterocycles. The molecular formula is C10H20O2. The molecule has 0 saturated carbocycles. The zero-order chi connectivity index (χ0) is 9.56. The maximum atomic E-state index is 8.86. The molecule has 0 saturated heterocycles. The third-order valence-corrected chi connectivity index (χ3v) is 2.29. The summed E-state index contributed by atoms with van der Waals surface area (Å²) in [5.41, 5.74) is 2.30. The fourth-order valence-electron chi connectivity index (χ4n) is 1.05. The highest BCUT2D eigenvalue weighted by Gasteiger charge is 2.06. The molecule has 2 heteroatoms. The van der Waals surface area contributed by atoms with Crippen molar-refractivity contribution in [3.8, 4) is 0 Å². The van der Waals surface area contributed by atoms with E-state index in [4.69, 9.17) is 9.84 Å². The summed E-state index contributed by atoms with van der Waals surface area (Å²) in [6.07, 6.45) is 2.25. The molecule has 0 aromatic rings. The Balaban J connectivity index is 4.05. The molecule has 0 radical (unpaired) electrons. The molecule has 0 heterocycles. The van der Waals surface area contributed by atoms with Gasteiger partial charge in [-0.3, -0.25) is 0 Å². The summed E-state index contributed by atoms with van der Waals surface area (Å²) in [5.74, 6) is 0. The van der Waals surface area contributed by atoms with Crippen LogP contribution in [-0.4, -0.2) is 24.9 Å². The molecule has 0 aliphatic heterocycles. The standard InChI is InChI=1S/C10H20O2/c1-5-10(12-4)6-8(2)9(3)7-11/h10-11H,5-7H2,1-4H3. The fraction of sp³-hybridized carbons (Fsp3) is 0.800. The van der Waals surface area contributed by atoms with Gasteiger partial charge in [0.2, 0.25) is 0 Å². The number of ether oxygens (including phenoxy) is 1. The molecular weight excluding hydrogens is 152 g/mol. The molecule has 12 heavy (non-hydrogen) atoms. The lowest BCUT2D eigenvalue weighted by atomic mass is 10.0. The Morgan fingerprint density at radius 2 is 1.92 bits per heavy atom. The number of methoxy groups -OCH3 is 1.